The fourth-order valence-electron chi connectivity index (χ4n) is 2.87. The highest BCUT2D eigenvalue weighted by molar-refractivity contribution is 8.14. The standard InChI is InChI=1S/C21H20N4O4S/c1-12-3-5-14(6-4-12)13(2)23-24-21(22)30-17-11-18(26)25(19(17)27)16-9-7-15(8-10-16)20(28)29/h3-10,17H,11H2,1-2H3,(H2,22,24)(H,28,29)/b23-13+. The lowest BCUT2D eigenvalue weighted by Crippen LogP contribution is -2.31. The molecule has 0 radical (unpaired) electrons. The number of amidine groups is 1. The van der Waals surface area contributed by atoms with Gasteiger partial charge in [-0.05, 0) is 43.7 Å². The van der Waals surface area contributed by atoms with Gasteiger partial charge in [-0.3, -0.25) is 9.59 Å². The van der Waals surface area contributed by atoms with Gasteiger partial charge in [0.25, 0.3) is 0 Å². The molecule has 1 atom stereocenters. The van der Waals surface area contributed by atoms with E-state index in [4.69, 9.17) is 10.8 Å². The largest absolute Gasteiger partial charge is 0.478 e. The minimum Gasteiger partial charge on any atom is -0.478 e. The number of nitrogens with zero attached hydrogens (tertiary/aromatic N) is 3. The molecule has 1 unspecified atom stereocenters. The van der Waals surface area contributed by atoms with Crippen molar-refractivity contribution in [3.05, 3.63) is 65.2 Å². The van der Waals surface area contributed by atoms with Crippen molar-refractivity contribution >= 4 is 46.1 Å². The number of anilines is 1. The van der Waals surface area contributed by atoms with Crippen LogP contribution in [-0.2, 0) is 9.59 Å². The fourth-order valence-corrected chi connectivity index (χ4v) is 3.68. The van der Waals surface area contributed by atoms with Gasteiger partial charge in [0.2, 0.25) is 11.8 Å². The number of benzene rings is 2. The van der Waals surface area contributed by atoms with Crippen LogP contribution in [0.5, 0.6) is 0 Å². The highest BCUT2D eigenvalue weighted by atomic mass is 32.2. The third kappa shape index (κ3) is 4.74. The van der Waals surface area contributed by atoms with Gasteiger partial charge in [-0.1, -0.05) is 41.6 Å². The first-order valence-electron chi connectivity index (χ1n) is 9.08. The van der Waals surface area contributed by atoms with Crippen molar-refractivity contribution in [1.29, 1.82) is 0 Å². The van der Waals surface area contributed by atoms with E-state index in [1.165, 1.54) is 24.3 Å². The van der Waals surface area contributed by atoms with Crippen LogP contribution in [0.3, 0.4) is 0 Å². The molecule has 0 aliphatic carbocycles. The summed E-state index contributed by atoms with van der Waals surface area (Å²) in [6.45, 7) is 3.80. The van der Waals surface area contributed by atoms with Gasteiger partial charge in [0, 0.05) is 6.42 Å². The summed E-state index contributed by atoms with van der Waals surface area (Å²) in [4.78, 5) is 37.0. The maximum Gasteiger partial charge on any atom is 0.335 e. The summed E-state index contributed by atoms with van der Waals surface area (Å²) < 4.78 is 0. The van der Waals surface area contributed by atoms with E-state index in [9.17, 15) is 14.4 Å². The molecule has 0 saturated carbocycles. The molecule has 8 nitrogen and oxygen atoms in total. The lowest BCUT2D eigenvalue weighted by atomic mass is 10.1. The van der Waals surface area contributed by atoms with Crippen LogP contribution in [0.25, 0.3) is 0 Å². The number of amides is 2. The summed E-state index contributed by atoms with van der Waals surface area (Å²) in [5.74, 6) is -1.89. The molecule has 30 heavy (non-hydrogen) atoms. The van der Waals surface area contributed by atoms with Crippen molar-refractivity contribution in [3.8, 4) is 0 Å². The van der Waals surface area contributed by atoms with E-state index in [-0.39, 0.29) is 23.1 Å². The average Bonchev–Trinajstić information content (AvgIpc) is 2.99. The number of carbonyl (C=O) groups excluding carboxylic acids is 2. The van der Waals surface area contributed by atoms with Crippen LogP contribution in [0.15, 0.2) is 58.7 Å². The van der Waals surface area contributed by atoms with Gasteiger partial charge in [-0.2, -0.15) is 5.10 Å². The van der Waals surface area contributed by atoms with Crippen molar-refractivity contribution in [1.82, 2.24) is 0 Å². The molecule has 0 aromatic heterocycles. The Morgan fingerprint density at radius 3 is 2.27 bits per heavy atom. The third-order valence-corrected chi connectivity index (χ3v) is 5.48. The molecule has 3 rings (SSSR count). The molecule has 2 amide bonds. The zero-order valence-corrected chi connectivity index (χ0v) is 17.2. The molecular formula is C21H20N4O4S. The molecular weight excluding hydrogens is 404 g/mol. The molecule has 0 spiro atoms. The lowest BCUT2D eigenvalue weighted by molar-refractivity contribution is -0.121. The van der Waals surface area contributed by atoms with Crippen LogP contribution >= 0.6 is 11.8 Å². The molecule has 1 saturated heterocycles. The summed E-state index contributed by atoms with van der Waals surface area (Å²) >= 11 is 0.980. The summed E-state index contributed by atoms with van der Waals surface area (Å²) in [5, 5.41) is 16.4. The number of hydrogen-bond donors (Lipinski definition) is 2. The highest BCUT2D eigenvalue weighted by Gasteiger charge is 2.40. The van der Waals surface area contributed by atoms with Gasteiger partial charge in [-0.15, -0.1) is 5.10 Å². The Morgan fingerprint density at radius 1 is 1.07 bits per heavy atom. The van der Waals surface area contributed by atoms with Crippen molar-refractivity contribution < 1.29 is 19.5 Å². The SMILES string of the molecule is C/C(=N\N=C(/N)SC1CC(=O)N(c2ccc(C(=O)O)cc2)C1=O)c1ccc(C)cc1. The number of carbonyl (C=O) groups is 3. The molecule has 0 bridgehead atoms. The number of hydrogen-bond acceptors (Lipinski definition) is 6. The lowest BCUT2D eigenvalue weighted by Gasteiger charge is -2.14. The normalized spacial score (nSPS) is 17.5. The maximum absolute atomic E-state index is 12.7. The van der Waals surface area contributed by atoms with E-state index in [1.54, 1.807) is 6.92 Å². The number of rotatable bonds is 5. The van der Waals surface area contributed by atoms with Crippen LogP contribution in [0, 0.1) is 6.92 Å². The molecule has 1 aliphatic heterocycles. The second-order valence-electron chi connectivity index (χ2n) is 6.72. The number of aryl methyl sites for hydroxylation is 1. The number of thioether (sulfide) groups is 1. The van der Waals surface area contributed by atoms with Crippen molar-refractivity contribution in [2.75, 3.05) is 4.90 Å². The Kier molecular flexibility index (Phi) is 6.31. The molecule has 1 fully saturated rings. The number of aromatic carboxylic acids is 1. The van der Waals surface area contributed by atoms with E-state index in [1.807, 2.05) is 31.2 Å². The molecule has 1 heterocycles. The Bertz CT molecular complexity index is 1050. The molecule has 2 aromatic rings. The van der Waals surface area contributed by atoms with Crippen LogP contribution < -0.4 is 10.6 Å². The molecule has 3 N–H and O–H groups in total. The zero-order valence-electron chi connectivity index (χ0n) is 16.4. The number of imide groups is 1. The van der Waals surface area contributed by atoms with Gasteiger partial charge in [-0.25, -0.2) is 9.69 Å². The van der Waals surface area contributed by atoms with E-state index in [2.05, 4.69) is 10.2 Å². The quantitative estimate of drug-likeness (QED) is 0.329. The third-order valence-electron chi connectivity index (χ3n) is 4.51. The number of carboxylic acids is 1. The van der Waals surface area contributed by atoms with Crippen LogP contribution in [0.4, 0.5) is 5.69 Å². The zero-order chi connectivity index (χ0) is 21.8. The summed E-state index contributed by atoms with van der Waals surface area (Å²) in [7, 11) is 0. The van der Waals surface area contributed by atoms with E-state index >= 15 is 0 Å². The summed E-state index contributed by atoms with van der Waals surface area (Å²) in [6, 6.07) is 13.3. The topological polar surface area (TPSA) is 125 Å². The van der Waals surface area contributed by atoms with Gasteiger partial charge in [0.1, 0.15) is 5.25 Å². The molecule has 2 aromatic carbocycles. The predicted molar refractivity (Wildman–Crippen MR) is 117 cm³/mol. The molecule has 9 heteroatoms. The number of nitrogens with two attached hydrogens (primary N) is 1. The summed E-state index contributed by atoms with van der Waals surface area (Å²) in [5.41, 5.74) is 9.02. The second-order valence-corrected chi connectivity index (χ2v) is 7.94. The van der Waals surface area contributed by atoms with Gasteiger partial charge in [0.05, 0.1) is 17.0 Å². The molecule has 154 valence electrons. The first-order chi connectivity index (χ1) is 14.3. The smallest absolute Gasteiger partial charge is 0.335 e. The Morgan fingerprint density at radius 2 is 1.67 bits per heavy atom. The van der Waals surface area contributed by atoms with Gasteiger partial charge < -0.3 is 10.8 Å². The van der Waals surface area contributed by atoms with Crippen LogP contribution in [-0.4, -0.2) is 39.0 Å². The average molecular weight is 424 g/mol. The van der Waals surface area contributed by atoms with Crippen molar-refractivity contribution in [2.45, 2.75) is 25.5 Å². The Labute approximate surface area is 177 Å². The maximum atomic E-state index is 12.7. The van der Waals surface area contributed by atoms with E-state index in [0.717, 1.165) is 27.8 Å². The Hall–Kier alpha value is -3.46. The monoisotopic (exact) mass is 424 g/mol. The molecule has 1 aliphatic rings. The van der Waals surface area contributed by atoms with Crippen LogP contribution in [0.1, 0.15) is 34.8 Å². The first kappa shape index (κ1) is 21.3. The predicted octanol–water partition coefficient (Wildman–Crippen LogP) is 2.80. The summed E-state index contributed by atoms with van der Waals surface area (Å²) in [6.07, 6.45) is -0.0267. The first-order valence-corrected chi connectivity index (χ1v) is 9.96. The van der Waals surface area contributed by atoms with Gasteiger partial charge >= 0.3 is 5.97 Å². The highest BCUT2D eigenvalue weighted by Crippen LogP contribution is 2.30. The number of carboxylic acid groups (broad SMARTS) is 1. The van der Waals surface area contributed by atoms with Crippen molar-refractivity contribution in [3.63, 3.8) is 0 Å². The van der Waals surface area contributed by atoms with E-state index in [0.29, 0.717) is 11.4 Å². The van der Waals surface area contributed by atoms with E-state index < -0.39 is 17.1 Å². The second kappa shape index (κ2) is 8.91. The van der Waals surface area contributed by atoms with Crippen molar-refractivity contribution in [2.24, 2.45) is 15.9 Å². The minimum absolute atomic E-state index is 0.0267. The fraction of sp³-hybridized carbons (Fsp3) is 0.190. The van der Waals surface area contributed by atoms with Crippen LogP contribution in [0.2, 0.25) is 0 Å². The Balaban J connectivity index is 1.69. The minimum atomic E-state index is -1.08. The van der Waals surface area contributed by atoms with Gasteiger partial charge in [0.15, 0.2) is 5.17 Å².